The number of methoxy groups -OCH3 is 1. The average molecular weight is 401 g/mol. The lowest BCUT2D eigenvalue weighted by Crippen LogP contribution is -2.52. The van der Waals surface area contributed by atoms with Crippen molar-refractivity contribution in [2.45, 2.75) is 19.3 Å². The second kappa shape index (κ2) is 8.49. The van der Waals surface area contributed by atoms with Crippen molar-refractivity contribution in [1.29, 1.82) is 21.2 Å². The van der Waals surface area contributed by atoms with Gasteiger partial charge in [0, 0.05) is 24.9 Å². The molecule has 1 aromatic rings. The van der Waals surface area contributed by atoms with Crippen molar-refractivity contribution < 1.29 is 9.53 Å². The standard InChI is InChI=1S/C23H23N5O2/c1-3-9-28-10-8-17-18(11-24)21(27)23(13-25,14-26)20(19(17)12-28)15-4-6-16(7-5-15)22(29)30-2/h4-8,18-20,27H,3,9-10,12H2,1-2H3/t18?,19-,20+/m0/s1. The Morgan fingerprint density at radius 1 is 1.27 bits per heavy atom. The predicted molar refractivity (Wildman–Crippen MR) is 109 cm³/mol. The normalized spacial score (nSPS) is 25.1. The SMILES string of the molecule is CCCN1CC=C2C(C#N)C(=N)C(C#N)(C#N)[C@H](c3ccc(C(=O)OC)cc3)[C@H]2C1. The molecule has 3 rings (SSSR count). The van der Waals surface area contributed by atoms with Crippen LogP contribution in [0.4, 0.5) is 0 Å². The number of benzene rings is 1. The Morgan fingerprint density at radius 2 is 1.93 bits per heavy atom. The summed E-state index contributed by atoms with van der Waals surface area (Å²) in [7, 11) is 1.30. The first-order valence-electron chi connectivity index (χ1n) is 9.89. The highest BCUT2D eigenvalue weighted by Crippen LogP contribution is 2.53. The highest BCUT2D eigenvalue weighted by Gasteiger charge is 2.57. The molecule has 7 nitrogen and oxygen atoms in total. The number of hydrogen-bond donors (Lipinski definition) is 1. The van der Waals surface area contributed by atoms with Crippen LogP contribution in [0, 0.1) is 56.7 Å². The summed E-state index contributed by atoms with van der Waals surface area (Å²) in [5.41, 5.74) is -0.0269. The van der Waals surface area contributed by atoms with Crippen LogP contribution in [0.2, 0.25) is 0 Å². The van der Waals surface area contributed by atoms with Gasteiger partial charge in [0.2, 0.25) is 0 Å². The van der Waals surface area contributed by atoms with Crippen molar-refractivity contribution in [1.82, 2.24) is 4.90 Å². The molecule has 1 aromatic carbocycles. The molecule has 0 bridgehead atoms. The lowest BCUT2D eigenvalue weighted by Gasteiger charge is -2.47. The minimum absolute atomic E-state index is 0.163. The van der Waals surface area contributed by atoms with Crippen molar-refractivity contribution in [2.24, 2.45) is 17.3 Å². The third-order valence-corrected chi connectivity index (χ3v) is 6.10. The smallest absolute Gasteiger partial charge is 0.337 e. The van der Waals surface area contributed by atoms with E-state index in [1.807, 2.05) is 6.08 Å². The number of ether oxygens (including phenoxy) is 1. The largest absolute Gasteiger partial charge is 0.465 e. The number of carbonyl (C=O) groups excluding carboxylic acids is 1. The number of esters is 1. The Bertz CT molecular complexity index is 992. The summed E-state index contributed by atoms with van der Waals surface area (Å²) in [6.07, 6.45) is 2.95. The maximum absolute atomic E-state index is 11.8. The molecule has 1 fully saturated rings. The molecule has 0 aromatic heterocycles. The fourth-order valence-electron chi connectivity index (χ4n) is 4.69. The molecule has 1 heterocycles. The number of fused-ring (bicyclic) bond motifs is 1. The van der Waals surface area contributed by atoms with Crippen LogP contribution in [-0.2, 0) is 4.74 Å². The van der Waals surface area contributed by atoms with Crippen LogP contribution >= 0.6 is 0 Å². The van der Waals surface area contributed by atoms with Gasteiger partial charge in [0.25, 0.3) is 0 Å². The number of nitriles is 3. The summed E-state index contributed by atoms with van der Waals surface area (Å²) < 4.78 is 4.75. The molecule has 0 radical (unpaired) electrons. The first-order valence-corrected chi connectivity index (χ1v) is 9.89. The molecule has 152 valence electrons. The topological polar surface area (TPSA) is 125 Å². The monoisotopic (exact) mass is 401 g/mol. The Balaban J connectivity index is 2.16. The molecule has 2 aliphatic rings. The zero-order valence-electron chi connectivity index (χ0n) is 17.1. The van der Waals surface area contributed by atoms with Gasteiger partial charge in [-0.3, -0.25) is 4.90 Å². The Kier molecular flexibility index (Phi) is 6.01. The number of hydrogen-bond acceptors (Lipinski definition) is 7. The summed E-state index contributed by atoms with van der Waals surface area (Å²) in [6, 6.07) is 13.0. The first-order chi connectivity index (χ1) is 14.5. The highest BCUT2D eigenvalue weighted by atomic mass is 16.5. The molecule has 1 N–H and O–H groups in total. The molecule has 1 aliphatic heterocycles. The predicted octanol–water partition coefficient (Wildman–Crippen LogP) is 3.03. The van der Waals surface area contributed by atoms with Crippen molar-refractivity contribution in [3.8, 4) is 18.2 Å². The zero-order chi connectivity index (χ0) is 21.9. The van der Waals surface area contributed by atoms with Crippen LogP contribution in [0.25, 0.3) is 0 Å². The van der Waals surface area contributed by atoms with Crippen molar-refractivity contribution in [2.75, 3.05) is 26.7 Å². The minimum atomic E-state index is -1.75. The van der Waals surface area contributed by atoms with Gasteiger partial charge in [0.15, 0.2) is 5.41 Å². The van der Waals surface area contributed by atoms with Crippen LogP contribution in [0.15, 0.2) is 35.9 Å². The second-order valence-corrected chi connectivity index (χ2v) is 7.67. The minimum Gasteiger partial charge on any atom is -0.465 e. The van der Waals surface area contributed by atoms with Crippen LogP contribution in [0.5, 0.6) is 0 Å². The summed E-state index contributed by atoms with van der Waals surface area (Å²) in [5, 5.41) is 38.5. The Labute approximate surface area is 176 Å². The summed E-state index contributed by atoms with van der Waals surface area (Å²) in [6.45, 7) is 4.26. The molecular formula is C23H23N5O2. The van der Waals surface area contributed by atoms with Gasteiger partial charge < -0.3 is 10.1 Å². The number of rotatable bonds is 4. The summed E-state index contributed by atoms with van der Waals surface area (Å²) in [5.74, 6) is -2.19. The maximum atomic E-state index is 11.8. The second-order valence-electron chi connectivity index (χ2n) is 7.67. The Morgan fingerprint density at radius 3 is 2.47 bits per heavy atom. The van der Waals surface area contributed by atoms with Gasteiger partial charge in [-0.1, -0.05) is 25.1 Å². The van der Waals surface area contributed by atoms with Crippen LogP contribution in [0.1, 0.15) is 35.2 Å². The third-order valence-electron chi connectivity index (χ3n) is 6.10. The molecule has 3 atom stereocenters. The lowest BCUT2D eigenvalue weighted by atomic mass is 9.54. The third kappa shape index (κ3) is 3.26. The van der Waals surface area contributed by atoms with E-state index >= 15 is 0 Å². The molecular weight excluding hydrogens is 378 g/mol. The van der Waals surface area contributed by atoms with E-state index in [0.29, 0.717) is 24.2 Å². The molecule has 0 saturated heterocycles. The van der Waals surface area contributed by atoms with E-state index < -0.39 is 23.2 Å². The number of nitrogens with one attached hydrogen (secondary N) is 1. The van der Waals surface area contributed by atoms with Gasteiger partial charge in [-0.15, -0.1) is 0 Å². The van der Waals surface area contributed by atoms with Crippen LogP contribution in [-0.4, -0.2) is 43.3 Å². The van der Waals surface area contributed by atoms with Gasteiger partial charge >= 0.3 is 5.97 Å². The van der Waals surface area contributed by atoms with Crippen LogP contribution in [0.3, 0.4) is 0 Å². The maximum Gasteiger partial charge on any atom is 0.337 e. The summed E-state index contributed by atoms with van der Waals surface area (Å²) in [4.78, 5) is 14.0. The van der Waals surface area contributed by atoms with Crippen molar-refractivity contribution >= 4 is 11.7 Å². The highest BCUT2D eigenvalue weighted by molar-refractivity contribution is 6.01. The van der Waals surface area contributed by atoms with Gasteiger partial charge in [-0.25, -0.2) is 4.79 Å². The fourth-order valence-corrected chi connectivity index (χ4v) is 4.69. The molecule has 0 amide bonds. The van der Waals surface area contributed by atoms with E-state index in [9.17, 15) is 20.6 Å². The number of nitrogens with zero attached hydrogens (tertiary/aromatic N) is 4. The summed E-state index contributed by atoms with van der Waals surface area (Å²) >= 11 is 0. The lowest BCUT2D eigenvalue weighted by molar-refractivity contribution is 0.0600. The number of carbonyl (C=O) groups is 1. The van der Waals surface area contributed by atoms with E-state index in [1.165, 1.54) is 7.11 Å². The Hall–Kier alpha value is -3.47. The van der Waals surface area contributed by atoms with E-state index in [1.54, 1.807) is 24.3 Å². The van der Waals surface area contributed by atoms with Gasteiger partial charge in [-0.05, 0) is 36.2 Å². The molecule has 1 unspecified atom stereocenters. The van der Waals surface area contributed by atoms with E-state index in [4.69, 9.17) is 10.1 Å². The van der Waals surface area contributed by atoms with Gasteiger partial charge in [-0.2, -0.15) is 15.8 Å². The van der Waals surface area contributed by atoms with E-state index in [-0.39, 0.29) is 11.6 Å². The molecule has 1 saturated carbocycles. The van der Waals surface area contributed by atoms with Crippen molar-refractivity contribution in [3.05, 3.63) is 47.0 Å². The van der Waals surface area contributed by atoms with Gasteiger partial charge in [0.1, 0.15) is 5.92 Å². The molecule has 0 spiro atoms. The quantitative estimate of drug-likeness (QED) is 0.611. The van der Waals surface area contributed by atoms with E-state index in [0.717, 1.165) is 18.5 Å². The van der Waals surface area contributed by atoms with Gasteiger partial charge in [0.05, 0.1) is 36.6 Å². The zero-order valence-corrected chi connectivity index (χ0v) is 17.1. The fraction of sp³-hybridized carbons (Fsp3) is 0.435. The molecule has 1 aliphatic carbocycles. The molecule has 7 heteroatoms. The van der Waals surface area contributed by atoms with Crippen LogP contribution < -0.4 is 0 Å². The van der Waals surface area contributed by atoms with E-state index in [2.05, 4.69) is 30.0 Å². The first kappa shape index (κ1) is 21.2. The average Bonchev–Trinajstić information content (AvgIpc) is 2.78. The molecule has 30 heavy (non-hydrogen) atoms. The van der Waals surface area contributed by atoms with Crippen molar-refractivity contribution in [3.63, 3.8) is 0 Å².